The van der Waals surface area contributed by atoms with Crippen molar-refractivity contribution in [3.8, 4) is 0 Å². The van der Waals surface area contributed by atoms with Crippen LogP contribution in [0.15, 0.2) is 52.6 Å². The molecule has 0 bridgehead atoms. The lowest BCUT2D eigenvalue weighted by atomic mass is 9.73. The van der Waals surface area contributed by atoms with Gasteiger partial charge in [-0.1, -0.05) is 47.1 Å². The summed E-state index contributed by atoms with van der Waals surface area (Å²) in [7, 11) is 0. The molecule has 0 amide bonds. The van der Waals surface area contributed by atoms with Gasteiger partial charge in [-0.3, -0.25) is 4.98 Å². The van der Waals surface area contributed by atoms with Gasteiger partial charge in [-0.25, -0.2) is 9.97 Å². The van der Waals surface area contributed by atoms with Crippen molar-refractivity contribution in [2.24, 2.45) is 11.1 Å². The Bertz CT molecular complexity index is 1130. The van der Waals surface area contributed by atoms with Crippen LogP contribution in [0.2, 0.25) is 10.0 Å². The van der Waals surface area contributed by atoms with Gasteiger partial charge in [0.2, 0.25) is 0 Å². The van der Waals surface area contributed by atoms with E-state index in [9.17, 15) is 0 Å². The minimum atomic E-state index is 0.0377. The number of pyridine rings is 1. The number of halogens is 2. The summed E-state index contributed by atoms with van der Waals surface area (Å²) in [4.78, 5) is 16.8. The Morgan fingerprint density at radius 3 is 2.65 bits per heavy atom. The summed E-state index contributed by atoms with van der Waals surface area (Å²) in [6.07, 6.45) is 6.55. The number of nitrogen functional groups attached to an aromatic ring is 1. The summed E-state index contributed by atoms with van der Waals surface area (Å²) in [6.45, 7) is 1.73. The molecule has 160 valence electrons. The topological polar surface area (TPSA) is 94.0 Å². The monoisotopic (exact) mass is 472 g/mol. The van der Waals surface area contributed by atoms with Gasteiger partial charge in [0.05, 0.1) is 16.2 Å². The highest BCUT2D eigenvalue weighted by Gasteiger charge is 2.46. The summed E-state index contributed by atoms with van der Waals surface area (Å²) in [5.41, 5.74) is 15.3. The summed E-state index contributed by atoms with van der Waals surface area (Å²) in [5.74, 6) is 1.17. The Labute approximate surface area is 195 Å². The van der Waals surface area contributed by atoms with Crippen LogP contribution in [0.1, 0.15) is 30.1 Å². The quantitative estimate of drug-likeness (QED) is 0.567. The molecule has 2 aliphatic rings. The number of aromatic nitrogens is 3. The van der Waals surface area contributed by atoms with Gasteiger partial charge >= 0.3 is 0 Å². The summed E-state index contributed by atoms with van der Waals surface area (Å²) >= 11 is 13.8. The van der Waals surface area contributed by atoms with Crippen LogP contribution >= 0.6 is 35.0 Å². The molecule has 4 N–H and O–H groups in total. The third kappa shape index (κ3) is 3.74. The van der Waals surface area contributed by atoms with E-state index < -0.39 is 0 Å². The van der Waals surface area contributed by atoms with Crippen molar-refractivity contribution < 1.29 is 0 Å². The average molecular weight is 473 g/mol. The lowest BCUT2D eigenvalue weighted by molar-refractivity contribution is 0.186. The molecule has 6 nitrogen and oxygen atoms in total. The molecule has 1 aliphatic heterocycles. The Balaban J connectivity index is 1.29. The predicted molar refractivity (Wildman–Crippen MR) is 126 cm³/mol. The van der Waals surface area contributed by atoms with E-state index in [-0.39, 0.29) is 11.5 Å². The number of nitrogens with zero attached hydrogens (tertiary/aromatic N) is 4. The van der Waals surface area contributed by atoms with E-state index >= 15 is 0 Å². The first-order valence-corrected chi connectivity index (χ1v) is 11.7. The molecule has 0 saturated carbocycles. The highest BCUT2D eigenvalue weighted by Crippen LogP contribution is 2.50. The second-order valence-electron chi connectivity index (χ2n) is 8.12. The van der Waals surface area contributed by atoms with Gasteiger partial charge in [-0.15, -0.1) is 0 Å². The molecule has 3 heterocycles. The Kier molecular flexibility index (Phi) is 5.46. The molecular formula is C22H22Cl2N6S. The maximum Gasteiger partial charge on any atom is 0.158 e. The van der Waals surface area contributed by atoms with Crippen molar-refractivity contribution in [2.75, 3.05) is 23.7 Å². The minimum absolute atomic E-state index is 0.0377. The van der Waals surface area contributed by atoms with E-state index in [0.29, 0.717) is 20.9 Å². The van der Waals surface area contributed by atoms with Crippen LogP contribution < -0.4 is 16.4 Å². The fraction of sp³-hybridized carbons (Fsp3) is 0.318. The highest BCUT2D eigenvalue weighted by molar-refractivity contribution is 7.99. The molecule has 1 aliphatic carbocycles. The van der Waals surface area contributed by atoms with Crippen molar-refractivity contribution in [1.82, 2.24) is 15.0 Å². The van der Waals surface area contributed by atoms with Gasteiger partial charge in [-0.05, 0) is 48.4 Å². The van der Waals surface area contributed by atoms with Crippen molar-refractivity contribution in [3.63, 3.8) is 0 Å². The normalized spacial score (nSPS) is 19.6. The second-order valence-corrected chi connectivity index (χ2v) is 9.93. The Morgan fingerprint density at radius 2 is 1.90 bits per heavy atom. The van der Waals surface area contributed by atoms with Crippen LogP contribution in [0.3, 0.4) is 0 Å². The molecule has 31 heavy (non-hydrogen) atoms. The molecular weight excluding hydrogens is 451 g/mol. The van der Waals surface area contributed by atoms with Crippen molar-refractivity contribution in [1.29, 1.82) is 0 Å². The molecule has 5 rings (SSSR count). The molecule has 0 radical (unpaired) electrons. The van der Waals surface area contributed by atoms with Crippen molar-refractivity contribution in [3.05, 3.63) is 64.0 Å². The molecule has 2 aromatic heterocycles. The van der Waals surface area contributed by atoms with Gasteiger partial charge < -0.3 is 16.4 Å². The van der Waals surface area contributed by atoms with Gasteiger partial charge in [0, 0.05) is 35.9 Å². The first-order valence-electron chi connectivity index (χ1n) is 10.2. The zero-order valence-corrected chi connectivity index (χ0v) is 19.1. The van der Waals surface area contributed by atoms with Crippen LogP contribution in [-0.2, 0) is 6.42 Å². The molecule has 1 fully saturated rings. The molecule has 1 spiro atoms. The third-order valence-electron chi connectivity index (χ3n) is 6.40. The number of rotatable bonds is 3. The number of nitrogens with two attached hydrogens (primary N) is 2. The smallest absolute Gasteiger partial charge is 0.158 e. The van der Waals surface area contributed by atoms with Gasteiger partial charge in [0.1, 0.15) is 10.8 Å². The van der Waals surface area contributed by atoms with E-state index in [1.807, 2.05) is 24.4 Å². The third-order valence-corrected chi connectivity index (χ3v) is 8.40. The van der Waals surface area contributed by atoms with Crippen molar-refractivity contribution in [2.45, 2.75) is 35.2 Å². The van der Waals surface area contributed by atoms with E-state index in [1.165, 1.54) is 17.3 Å². The number of hydrogen-bond acceptors (Lipinski definition) is 7. The lowest BCUT2D eigenvalue weighted by Gasteiger charge is -2.42. The van der Waals surface area contributed by atoms with E-state index in [1.54, 1.807) is 12.3 Å². The summed E-state index contributed by atoms with van der Waals surface area (Å²) < 4.78 is 0. The molecule has 9 heteroatoms. The van der Waals surface area contributed by atoms with E-state index in [0.717, 1.165) is 48.8 Å². The van der Waals surface area contributed by atoms with E-state index in [4.69, 9.17) is 34.7 Å². The van der Waals surface area contributed by atoms with Crippen LogP contribution in [0.5, 0.6) is 0 Å². The molecule has 1 aromatic carbocycles. The van der Waals surface area contributed by atoms with Gasteiger partial charge in [0.15, 0.2) is 5.82 Å². The maximum absolute atomic E-state index is 6.65. The number of anilines is 2. The van der Waals surface area contributed by atoms with Crippen molar-refractivity contribution >= 4 is 46.6 Å². The van der Waals surface area contributed by atoms with Gasteiger partial charge in [0.25, 0.3) is 0 Å². The molecule has 3 aromatic rings. The zero-order valence-electron chi connectivity index (χ0n) is 16.8. The van der Waals surface area contributed by atoms with E-state index in [2.05, 4.69) is 25.9 Å². The van der Waals surface area contributed by atoms with Crippen LogP contribution in [0.4, 0.5) is 11.6 Å². The first kappa shape index (κ1) is 20.8. The molecule has 0 unspecified atom stereocenters. The zero-order chi connectivity index (χ0) is 21.6. The number of piperidine rings is 1. The summed E-state index contributed by atoms with van der Waals surface area (Å²) in [6, 6.07) is 9.61. The summed E-state index contributed by atoms with van der Waals surface area (Å²) in [5, 5.41) is 1.60. The number of benzene rings is 1. The standard InChI is InChI=1S/C22H22Cl2N6S/c23-14-4-1-5-16(18(14)24)31-21-20(26)29-17(12-28-21)30-9-6-22(7-10-30)11-15-13(19(22)25)3-2-8-27-15/h1-5,8,12,19H,6-7,9-11,25H2,(H2,26,29)/t19-/m1/s1. The SMILES string of the molecule is Nc1nc(N2CCC3(CC2)Cc2ncccc2[C@H]3N)cnc1Sc1cccc(Cl)c1Cl. The van der Waals surface area contributed by atoms with Gasteiger partial charge in [-0.2, -0.15) is 0 Å². The molecule has 1 saturated heterocycles. The van der Waals surface area contributed by atoms with Crippen LogP contribution in [0, 0.1) is 5.41 Å². The van der Waals surface area contributed by atoms with Crippen LogP contribution in [-0.4, -0.2) is 28.0 Å². The Morgan fingerprint density at radius 1 is 1.10 bits per heavy atom. The minimum Gasteiger partial charge on any atom is -0.381 e. The number of fused-ring (bicyclic) bond motifs is 1. The lowest BCUT2D eigenvalue weighted by Crippen LogP contribution is -2.44. The number of hydrogen-bond donors (Lipinski definition) is 2. The van der Waals surface area contributed by atoms with Crippen LogP contribution in [0.25, 0.3) is 0 Å². The largest absolute Gasteiger partial charge is 0.381 e. The first-order chi connectivity index (χ1) is 15.0. The Hall–Kier alpha value is -2.06. The molecule has 1 atom stereocenters. The maximum atomic E-state index is 6.65. The highest BCUT2D eigenvalue weighted by atomic mass is 35.5. The fourth-order valence-electron chi connectivity index (χ4n) is 4.60. The predicted octanol–water partition coefficient (Wildman–Crippen LogP) is 4.75. The average Bonchev–Trinajstić information content (AvgIpc) is 3.05. The fourth-order valence-corrected chi connectivity index (χ4v) is 5.89. The second kappa shape index (κ2) is 8.13.